The first-order valence-electron chi connectivity index (χ1n) is 8.97. The van der Waals surface area contributed by atoms with Crippen LogP contribution < -0.4 is 15.6 Å². The van der Waals surface area contributed by atoms with Crippen molar-refractivity contribution in [3.05, 3.63) is 81.2 Å². The van der Waals surface area contributed by atoms with Gasteiger partial charge in [-0.25, -0.2) is 4.68 Å². The van der Waals surface area contributed by atoms with Gasteiger partial charge in [-0.05, 0) is 23.8 Å². The quantitative estimate of drug-likeness (QED) is 0.455. The largest absolute Gasteiger partial charge is 0.506 e. The molecule has 4 aromatic rings. The highest BCUT2D eigenvalue weighted by molar-refractivity contribution is 6.31. The van der Waals surface area contributed by atoms with Gasteiger partial charge in [0.05, 0.1) is 30.9 Å². The van der Waals surface area contributed by atoms with Crippen molar-refractivity contribution >= 4 is 34.2 Å². The molecule has 0 aliphatic carbocycles. The Morgan fingerprint density at radius 1 is 1.27 bits per heavy atom. The van der Waals surface area contributed by atoms with Gasteiger partial charge in [0.25, 0.3) is 11.5 Å². The van der Waals surface area contributed by atoms with Gasteiger partial charge in [0.15, 0.2) is 0 Å². The maximum Gasteiger partial charge on any atom is 0.266 e. The minimum atomic E-state index is -0.799. The van der Waals surface area contributed by atoms with Gasteiger partial charge in [-0.15, -0.1) is 0 Å². The van der Waals surface area contributed by atoms with Crippen molar-refractivity contribution in [1.29, 1.82) is 0 Å². The van der Waals surface area contributed by atoms with Crippen molar-refractivity contribution in [3.8, 4) is 11.5 Å². The average molecular weight is 425 g/mol. The second-order valence-electron chi connectivity index (χ2n) is 6.53. The summed E-state index contributed by atoms with van der Waals surface area (Å²) >= 11 is 5.98. The maximum absolute atomic E-state index is 12.8. The first-order valence-corrected chi connectivity index (χ1v) is 9.35. The zero-order valence-electron chi connectivity index (χ0n) is 15.8. The number of pyridine rings is 1. The summed E-state index contributed by atoms with van der Waals surface area (Å²) in [6.45, 7) is 0.394. The van der Waals surface area contributed by atoms with E-state index in [2.05, 4.69) is 15.4 Å². The fourth-order valence-corrected chi connectivity index (χ4v) is 3.32. The number of nitrogens with one attached hydrogen (secondary N) is 2. The number of aromatic amines is 1. The standard InChI is InChI=1S/C21H17ClN4O4/c1-30-16-8-7-13(22)9-15(16)24-20(28)17-18(27)14-10-23-26(19(14)25-21(17)29)11-12-5-3-2-4-6-12/h2-10H,11H2,1H3,(H,24,28)(H2,25,27,29). The number of rotatable bonds is 5. The Morgan fingerprint density at radius 2 is 2.03 bits per heavy atom. The minimum Gasteiger partial charge on any atom is -0.506 e. The molecule has 0 fully saturated rings. The van der Waals surface area contributed by atoms with E-state index in [1.807, 2.05) is 30.3 Å². The van der Waals surface area contributed by atoms with Crippen LogP contribution in [0.2, 0.25) is 5.02 Å². The van der Waals surface area contributed by atoms with E-state index in [0.717, 1.165) is 5.56 Å². The van der Waals surface area contributed by atoms with Gasteiger partial charge >= 0.3 is 0 Å². The molecule has 152 valence electrons. The Bertz CT molecular complexity index is 1300. The third kappa shape index (κ3) is 3.60. The van der Waals surface area contributed by atoms with E-state index in [9.17, 15) is 14.7 Å². The Balaban J connectivity index is 1.71. The van der Waals surface area contributed by atoms with Crippen LogP contribution >= 0.6 is 11.6 Å². The van der Waals surface area contributed by atoms with Crippen LogP contribution in [-0.4, -0.2) is 32.9 Å². The van der Waals surface area contributed by atoms with Crippen LogP contribution in [0.4, 0.5) is 5.69 Å². The highest BCUT2D eigenvalue weighted by Crippen LogP contribution is 2.30. The second-order valence-corrected chi connectivity index (χ2v) is 6.96. The van der Waals surface area contributed by atoms with E-state index < -0.39 is 22.8 Å². The van der Waals surface area contributed by atoms with E-state index in [1.165, 1.54) is 19.4 Å². The third-order valence-electron chi connectivity index (χ3n) is 4.60. The summed E-state index contributed by atoms with van der Waals surface area (Å²) < 4.78 is 6.74. The lowest BCUT2D eigenvalue weighted by Gasteiger charge is -2.11. The number of fused-ring (bicyclic) bond motifs is 1. The fourth-order valence-electron chi connectivity index (χ4n) is 3.15. The van der Waals surface area contributed by atoms with E-state index in [-0.39, 0.29) is 11.1 Å². The van der Waals surface area contributed by atoms with Crippen molar-refractivity contribution in [3.63, 3.8) is 0 Å². The first kappa shape index (κ1) is 19.5. The van der Waals surface area contributed by atoms with Crippen molar-refractivity contribution in [2.45, 2.75) is 6.54 Å². The second kappa shape index (κ2) is 7.92. The Labute approximate surface area is 175 Å². The van der Waals surface area contributed by atoms with Crippen LogP contribution in [0.3, 0.4) is 0 Å². The maximum atomic E-state index is 12.8. The molecular formula is C21H17ClN4O4. The Kier molecular flexibility index (Phi) is 5.16. The third-order valence-corrected chi connectivity index (χ3v) is 4.84. The number of aromatic hydroxyl groups is 1. The van der Waals surface area contributed by atoms with Crippen molar-refractivity contribution in [1.82, 2.24) is 14.8 Å². The van der Waals surface area contributed by atoms with Crippen molar-refractivity contribution in [2.75, 3.05) is 12.4 Å². The SMILES string of the molecule is COc1ccc(Cl)cc1NC(=O)c1c(O)c2cnn(Cc3ccccc3)c2[nH]c1=O. The number of carbonyl (C=O) groups is 1. The van der Waals surface area contributed by atoms with E-state index in [0.29, 0.717) is 23.0 Å². The number of benzene rings is 2. The molecule has 1 amide bonds. The lowest BCUT2D eigenvalue weighted by molar-refractivity contribution is 0.102. The van der Waals surface area contributed by atoms with Gasteiger partial charge in [0.1, 0.15) is 22.7 Å². The molecular weight excluding hydrogens is 408 g/mol. The van der Waals surface area contributed by atoms with E-state index in [4.69, 9.17) is 16.3 Å². The van der Waals surface area contributed by atoms with Crippen LogP contribution in [0.25, 0.3) is 11.0 Å². The molecule has 0 aliphatic rings. The summed E-state index contributed by atoms with van der Waals surface area (Å²) in [5.74, 6) is -0.890. The van der Waals surface area contributed by atoms with Crippen molar-refractivity contribution in [2.24, 2.45) is 0 Å². The Morgan fingerprint density at radius 3 is 2.77 bits per heavy atom. The summed E-state index contributed by atoms with van der Waals surface area (Å²) in [6.07, 6.45) is 1.40. The van der Waals surface area contributed by atoms with E-state index in [1.54, 1.807) is 16.8 Å². The smallest absolute Gasteiger partial charge is 0.266 e. The van der Waals surface area contributed by atoms with Crippen LogP contribution in [0, 0.1) is 0 Å². The Hall–Kier alpha value is -3.78. The molecule has 0 unspecified atom stereocenters. The van der Waals surface area contributed by atoms with Crippen LogP contribution in [0.15, 0.2) is 59.5 Å². The van der Waals surface area contributed by atoms with Crippen LogP contribution in [-0.2, 0) is 6.54 Å². The van der Waals surface area contributed by atoms with Gasteiger partial charge in [-0.1, -0.05) is 41.9 Å². The zero-order chi connectivity index (χ0) is 21.3. The highest BCUT2D eigenvalue weighted by atomic mass is 35.5. The van der Waals surface area contributed by atoms with Crippen molar-refractivity contribution < 1.29 is 14.6 Å². The molecule has 0 saturated carbocycles. The molecule has 9 heteroatoms. The molecule has 0 spiro atoms. The summed E-state index contributed by atoms with van der Waals surface area (Å²) in [5.41, 5.74) is 0.390. The summed E-state index contributed by atoms with van der Waals surface area (Å²) in [4.78, 5) is 28.0. The predicted octanol–water partition coefficient (Wildman–Crippen LogP) is 3.39. The molecule has 2 aromatic carbocycles. The molecule has 0 aliphatic heterocycles. The molecule has 2 heterocycles. The fraction of sp³-hybridized carbons (Fsp3) is 0.0952. The van der Waals surface area contributed by atoms with E-state index >= 15 is 0 Å². The molecule has 0 radical (unpaired) electrons. The molecule has 8 nitrogen and oxygen atoms in total. The number of H-pyrrole nitrogens is 1. The highest BCUT2D eigenvalue weighted by Gasteiger charge is 2.22. The number of amides is 1. The zero-order valence-corrected chi connectivity index (χ0v) is 16.6. The van der Waals surface area contributed by atoms with Gasteiger partial charge in [-0.2, -0.15) is 5.10 Å². The topological polar surface area (TPSA) is 109 Å². The molecule has 3 N–H and O–H groups in total. The normalized spacial score (nSPS) is 10.9. The van der Waals surface area contributed by atoms with Gasteiger partial charge in [0, 0.05) is 5.02 Å². The molecule has 0 atom stereocenters. The number of aromatic nitrogens is 3. The number of ether oxygens (including phenoxy) is 1. The monoisotopic (exact) mass is 424 g/mol. The average Bonchev–Trinajstić information content (AvgIpc) is 3.11. The summed E-state index contributed by atoms with van der Waals surface area (Å²) in [5, 5.41) is 18.1. The van der Waals surface area contributed by atoms with Crippen LogP contribution in [0.1, 0.15) is 15.9 Å². The molecule has 0 saturated heterocycles. The minimum absolute atomic E-state index is 0.258. The number of anilines is 1. The predicted molar refractivity (Wildman–Crippen MR) is 114 cm³/mol. The number of carbonyl (C=O) groups excluding carboxylic acids is 1. The number of methoxy groups -OCH3 is 1. The first-order chi connectivity index (χ1) is 14.5. The van der Waals surface area contributed by atoms with Gasteiger partial charge in [-0.3, -0.25) is 9.59 Å². The number of hydrogen-bond acceptors (Lipinski definition) is 5. The molecule has 0 bridgehead atoms. The summed E-state index contributed by atoms with van der Waals surface area (Å²) in [7, 11) is 1.44. The van der Waals surface area contributed by atoms with Gasteiger partial charge in [0.2, 0.25) is 0 Å². The number of nitrogens with zero attached hydrogens (tertiary/aromatic N) is 2. The lowest BCUT2D eigenvalue weighted by Crippen LogP contribution is -2.24. The molecule has 4 rings (SSSR count). The van der Waals surface area contributed by atoms with Crippen LogP contribution in [0.5, 0.6) is 11.5 Å². The lowest BCUT2D eigenvalue weighted by atomic mass is 10.1. The van der Waals surface area contributed by atoms with Gasteiger partial charge < -0.3 is 20.1 Å². The summed E-state index contributed by atoms with van der Waals surface area (Å²) in [6, 6.07) is 14.2. The number of halogens is 1. The number of hydrogen-bond donors (Lipinski definition) is 3. The molecule has 2 aromatic heterocycles. The molecule has 30 heavy (non-hydrogen) atoms.